The van der Waals surface area contributed by atoms with Crippen molar-refractivity contribution in [1.82, 2.24) is 25.1 Å². The Bertz CT molecular complexity index is 959. The number of amides is 2. The third kappa shape index (κ3) is 3.82. The van der Waals surface area contributed by atoms with Gasteiger partial charge < -0.3 is 4.90 Å². The SMILES string of the molecule is Cc1nc(C2CCN(C(=O)c3cn[nH]c3C)CC2)nc2c1CCC(=O)N2CC(C)C. The third-order valence-corrected chi connectivity index (χ3v) is 6.11. The molecule has 0 aromatic carbocycles. The molecule has 4 rings (SSSR count). The van der Waals surface area contributed by atoms with Crippen molar-refractivity contribution in [2.45, 2.75) is 59.3 Å². The van der Waals surface area contributed by atoms with Crippen molar-refractivity contribution in [1.29, 1.82) is 0 Å². The zero-order valence-electron chi connectivity index (χ0n) is 18.2. The molecule has 0 bridgehead atoms. The topological polar surface area (TPSA) is 95.1 Å². The standard InChI is InChI=1S/C22H30N6O2/c1-13(2)12-28-19(29)6-5-17-14(3)24-20(25-21(17)28)16-7-9-27(10-8-16)22(30)18-11-23-26-15(18)4/h11,13,16H,5-10,12H2,1-4H3,(H,23,26). The maximum atomic E-state index is 12.7. The van der Waals surface area contributed by atoms with E-state index < -0.39 is 0 Å². The van der Waals surface area contributed by atoms with E-state index in [0.29, 0.717) is 44.0 Å². The summed E-state index contributed by atoms with van der Waals surface area (Å²) in [6, 6.07) is 0. The Morgan fingerprint density at radius 3 is 2.57 bits per heavy atom. The van der Waals surface area contributed by atoms with Gasteiger partial charge in [0, 0.05) is 48.9 Å². The van der Waals surface area contributed by atoms with Crippen LogP contribution in [0.3, 0.4) is 0 Å². The van der Waals surface area contributed by atoms with E-state index in [9.17, 15) is 9.59 Å². The number of carbonyl (C=O) groups is 2. The van der Waals surface area contributed by atoms with E-state index in [4.69, 9.17) is 9.97 Å². The van der Waals surface area contributed by atoms with Crippen molar-refractivity contribution < 1.29 is 9.59 Å². The first-order valence-corrected chi connectivity index (χ1v) is 10.8. The molecule has 8 nitrogen and oxygen atoms in total. The minimum absolute atomic E-state index is 0.0240. The maximum absolute atomic E-state index is 12.7. The van der Waals surface area contributed by atoms with Crippen LogP contribution in [-0.4, -0.2) is 56.5 Å². The number of H-pyrrole nitrogens is 1. The molecule has 4 heterocycles. The number of hydrogen-bond acceptors (Lipinski definition) is 5. The molecule has 1 fully saturated rings. The Morgan fingerprint density at radius 1 is 1.20 bits per heavy atom. The summed E-state index contributed by atoms with van der Waals surface area (Å²) < 4.78 is 0. The van der Waals surface area contributed by atoms with Gasteiger partial charge in [0.1, 0.15) is 11.6 Å². The number of rotatable bonds is 4. The molecule has 0 radical (unpaired) electrons. The van der Waals surface area contributed by atoms with E-state index in [-0.39, 0.29) is 17.7 Å². The normalized spacial score (nSPS) is 17.6. The second-order valence-electron chi connectivity index (χ2n) is 8.84. The lowest BCUT2D eigenvalue weighted by atomic mass is 9.94. The van der Waals surface area contributed by atoms with Gasteiger partial charge in [0.25, 0.3) is 5.91 Å². The lowest BCUT2D eigenvalue weighted by molar-refractivity contribution is -0.119. The molecule has 8 heteroatoms. The Morgan fingerprint density at radius 2 is 1.93 bits per heavy atom. The van der Waals surface area contributed by atoms with Crippen molar-refractivity contribution in [2.24, 2.45) is 5.92 Å². The smallest absolute Gasteiger partial charge is 0.257 e. The molecule has 2 amide bonds. The Kier molecular flexibility index (Phi) is 5.58. The first-order chi connectivity index (χ1) is 14.3. The van der Waals surface area contributed by atoms with Gasteiger partial charge in [0.05, 0.1) is 11.8 Å². The van der Waals surface area contributed by atoms with Crippen LogP contribution in [-0.2, 0) is 11.2 Å². The van der Waals surface area contributed by atoms with Gasteiger partial charge in [-0.05, 0) is 39.0 Å². The number of hydrogen-bond donors (Lipinski definition) is 1. The third-order valence-electron chi connectivity index (χ3n) is 6.11. The highest BCUT2D eigenvalue weighted by atomic mass is 16.2. The van der Waals surface area contributed by atoms with Gasteiger partial charge in [0.2, 0.25) is 5.91 Å². The van der Waals surface area contributed by atoms with Gasteiger partial charge in [-0.1, -0.05) is 13.8 Å². The molecule has 30 heavy (non-hydrogen) atoms. The first-order valence-electron chi connectivity index (χ1n) is 10.8. The molecule has 2 aliphatic rings. The van der Waals surface area contributed by atoms with Crippen molar-refractivity contribution in [2.75, 3.05) is 24.5 Å². The highest BCUT2D eigenvalue weighted by molar-refractivity contribution is 5.96. The predicted octanol–water partition coefficient (Wildman–Crippen LogP) is 2.77. The number of carbonyl (C=O) groups excluding carboxylic acids is 2. The molecule has 0 saturated carbocycles. The zero-order chi connectivity index (χ0) is 21.4. The minimum atomic E-state index is 0.0240. The Hall–Kier alpha value is -2.77. The van der Waals surface area contributed by atoms with Gasteiger partial charge in [-0.3, -0.25) is 19.6 Å². The monoisotopic (exact) mass is 410 g/mol. The molecule has 1 N–H and O–H groups in total. The van der Waals surface area contributed by atoms with Crippen LogP contribution in [0.5, 0.6) is 0 Å². The number of piperidine rings is 1. The summed E-state index contributed by atoms with van der Waals surface area (Å²) in [4.78, 5) is 38.7. The van der Waals surface area contributed by atoms with Gasteiger partial charge in [-0.15, -0.1) is 0 Å². The molecular formula is C22H30N6O2. The van der Waals surface area contributed by atoms with Crippen molar-refractivity contribution in [3.05, 3.63) is 34.5 Å². The van der Waals surface area contributed by atoms with Crippen molar-refractivity contribution >= 4 is 17.6 Å². The largest absolute Gasteiger partial charge is 0.338 e. The van der Waals surface area contributed by atoms with E-state index in [2.05, 4.69) is 24.0 Å². The van der Waals surface area contributed by atoms with Gasteiger partial charge in [-0.25, -0.2) is 9.97 Å². The summed E-state index contributed by atoms with van der Waals surface area (Å²) in [5.41, 5.74) is 3.51. The molecule has 0 spiro atoms. The van der Waals surface area contributed by atoms with Crippen LogP contribution in [0.15, 0.2) is 6.20 Å². The molecule has 0 aliphatic carbocycles. The Labute approximate surface area is 177 Å². The number of fused-ring (bicyclic) bond motifs is 1. The average molecular weight is 411 g/mol. The van der Waals surface area contributed by atoms with Gasteiger partial charge in [-0.2, -0.15) is 5.10 Å². The number of nitrogens with one attached hydrogen (secondary N) is 1. The summed E-state index contributed by atoms with van der Waals surface area (Å²) in [6.07, 6.45) is 4.47. The highest BCUT2D eigenvalue weighted by Gasteiger charge is 2.32. The summed E-state index contributed by atoms with van der Waals surface area (Å²) in [7, 11) is 0. The molecule has 1 saturated heterocycles. The number of likely N-dealkylation sites (tertiary alicyclic amines) is 1. The summed E-state index contributed by atoms with van der Waals surface area (Å²) in [5, 5.41) is 6.79. The van der Waals surface area contributed by atoms with Crippen LogP contribution >= 0.6 is 0 Å². The van der Waals surface area contributed by atoms with Gasteiger partial charge >= 0.3 is 0 Å². The number of aryl methyl sites for hydroxylation is 2. The van der Waals surface area contributed by atoms with Crippen LogP contribution in [0, 0.1) is 19.8 Å². The summed E-state index contributed by atoms with van der Waals surface area (Å²) in [5.74, 6) is 2.35. The molecular weight excluding hydrogens is 380 g/mol. The fourth-order valence-corrected chi connectivity index (χ4v) is 4.42. The Balaban J connectivity index is 1.52. The summed E-state index contributed by atoms with van der Waals surface area (Å²) >= 11 is 0. The quantitative estimate of drug-likeness (QED) is 0.836. The minimum Gasteiger partial charge on any atom is -0.338 e. The van der Waals surface area contributed by atoms with E-state index in [1.54, 1.807) is 6.20 Å². The zero-order valence-corrected chi connectivity index (χ0v) is 18.2. The van der Waals surface area contributed by atoms with Crippen LogP contribution in [0.4, 0.5) is 5.82 Å². The number of aromatic amines is 1. The van der Waals surface area contributed by atoms with E-state index in [1.165, 1.54) is 0 Å². The van der Waals surface area contributed by atoms with E-state index >= 15 is 0 Å². The summed E-state index contributed by atoms with van der Waals surface area (Å²) in [6.45, 7) is 10.1. The molecule has 0 unspecified atom stereocenters. The number of anilines is 1. The lowest BCUT2D eigenvalue weighted by Gasteiger charge is -2.33. The number of nitrogens with zero attached hydrogens (tertiary/aromatic N) is 5. The molecule has 2 aromatic heterocycles. The van der Waals surface area contributed by atoms with Crippen LogP contribution in [0.2, 0.25) is 0 Å². The van der Waals surface area contributed by atoms with Crippen LogP contribution in [0.25, 0.3) is 0 Å². The van der Waals surface area contributed by atoms with E-state index in [0.717, 1.165) is 41.4 Å². The lowest BCUT2D eigenvalue weighted by Crippen LogP contribution is -2.40. The number of aromatic nitrogens is 4. The molecule has 2 aliphatic heterocycles. The molecule has 0 atom stereocenters. The first kappa shape index (κ1) is 20.5. The molecule has 2 aromatic rings. The fraction of sp³-hybridized carbons (Fsp3) is 0.591. The average Bonchev–Trinajstić information content (AvgIpc) is 3.15. The van der Waals surface area contributed by atoms with Crippen molar-refractivity contribution in [3.63, 3.8) is 0 Å². The maximum Gasteiger partial charge on any atom is 0.257 e. The second-order valence-corrected chi connectivity index (χ2v) is 8.84. The predicted molar refractivity (Wildman–Crippen MR) is 113 cm³/mol. The highest BCUT2D eigenvalue weighted by Crippen LogP contribution is 2.33. The van der Waals surface area contributed by atoms with Crippen molar-refractivity contribution in [3.8, 4) is 0 Å². The second kappa shape index (κ2) is 8.16. The van der Waals surface area contributed by atoms with Gasteiger partial charge in [0.15, 0.2) is 0 Å². The fourth-order valence-electron chi connectivity index (χ4n) is 4.42. The molecule has 160 valence electrons. The van der Waals surface area contributed by atoms with Crippen LogP contribution in [0.1, 0.15) is 72.2 Å². The van der Waals surface area contributed by atoms with Crippen LogP contribution < -0.4 is 4.90 Å². The van der Waals surface area contributed by atoms with E-state index in [1.807, 2.05) is 23.6 Å².